The van der Waals surface area contributed by atoms with Gasteiger partial charge in [-0.3, -0.25) is 14.9 Å². The van der Waals surface area contributed by atoms with Crippen LogP contribution < -0.4 is 4.74 Å². The molecular formula is C23H15BrN2O4. The van der Waals surface area contributed by atoms with Crippen molar-refractivity contribution in [1.82, 2.24) is 0 Å². The van der Waals surface area contributed by atoms with E-state index in [-0.39, 0.29) is 16.8 Å². The van der Waals surface area contributed by atoms with Gasteiger partial charge in [-0.05, 0) is 29.8 Å². The summed E-state index contributed by atoms with van der Waals surface area (Å²) in [5.74, 6) is -0.0797. The van der Waals surface area contributed by atoms with Gasteiger partial charge in [-0.2, -0.15) is 5.26 Å². The smallest absolute Gasteiger partial charge is 0.270 e. The maximum Gasteiger partial charge on any atom is 0.270 e. The molecule has 7 heteroatoms. The molecule has 0 heterocycles. The summed E-state index contributed by atoms with van der Waals surface area (Å²) in [6, 6.07) is 21.9. The number of Topliss-reactive ketones (excluding diaryl/α,β-unsaturated/α-hetero) is 1. The van der Waals surface area contributed by atoms with Crippen molar-refractivity contribution >= 4 is 33.5 Å². The number of hydrogen-bond donors (Lipinski definition) is 0. The van der Waals surface area contributed by atoms with Crippen molar-refractivity contribution in [3.8, 4) is 11.8 Å². The minimum Gasteiger partial charge on any atom is -0.488 e. The van der Waals surface area contributed by atoms with Gasteiger partial charge < -0.3 is 4.74 Å². The summed E-state index contributed by atoms with van der Waals surface area (Å²) in [5.41, 5.74) is 1.24. The van der Waals surface area contributed by atoms with Crippen LogP contribution in [0.4, 0.5) is 5.69 Å². The van der Waals surface area contributed by atoms with Crippen molar-refractivity contribution in [3.63, 3.8) is 0 Å². The number of allylic oxidation sites excluding steroid dienone is 1. The predicted octanol–water partition coefficient (Wildman–Crippen LogP) is 5.73. The second-order valence-corrected chi connectivity index (χ2v) is 7.18. The van der Waals surface area contributed by atoms with Crippen molar-refractivity contribution in [3.05, 3.63) is 110 Å². The van der Waals surface area contributed by atoms with Gasteiger partial charge in [0.25, 0.3) is 5.69 Å². The third kappa shape index (κ3) is 5.19. The third-order valence-corrected chi connectivity index (χ3v) is 4.74. The fourth-order valence-corrected chi connectivity index (χ4v) is 2.96. The third-order valence-electron chi connectivity index (χ3n) is 4.21. The largest absolute Gasteiger partial charge is 0.488 e. The first-order chi connectivity index (χ1) is 14.5. The average Bonchev–Trinajstić information content (AvgIpc) is 2.77. The Morgan fingerprint density at radius 2 is 1.83 bits per heavy atom. The summed E-state index contributed by atoms with van der Waals surface area (Å²) in [5, 5.41) is 20.5. The van der Waals surface area contributed by atoms with Crippen LogP contribution in [0.1, 0.15) is 21.5 Å². The number of benzene rings is 3. The Kier molecular flexibility index (Phi) is 6.73. The molecule has 3 aromatic rings. The quantitative estimate of drug-likeness (QED) is 0.147. The molecule has 6 nitrogen and oxygen atoms in total. The van der Waals surface area contributed by atoms with Crippen molar-refractivity contribution in [2.45, 2.75) is 6.61 Å². The van der Waals surface area contributed by atoms with Crippen LogP contribution in [0, 0.1) is 21.4 Å². The average molecular weight is 463 g/mol. The topological polar surface area (TPSA) is 93.2 Å². The molecule has 0 unspecified atom stereocenters. The first kappa shape index (κ1) is 21.0. The summed E-state index contributed by atoms with van der Waals surface area (Å²) in [6.07, 6.45) is 1.43. The molecule has 0 radical (unpaired) electrons. The van der Waals surface area contributed by atoms with Crippen LogP contribution in [0.3, 0.4) is 0 Å². The maximum absolute atomic E-state index is 12.7. The number of ether oxygens (including phenoxy) is 1. The van der Waals surface area contributed by atoms with Crippen LogP contribution in [0.5, 0.6) is 5.75 Å². The molecule has 0 bridgehead atoms. The Labute approximate surface area is 181 Å². The van der Waals surface area contributed by atoms with E-state index in [2.05, 4.69) is 15.9 Å². The highest BCUT2D eigenvalue weighted by Gasteiger charge is 2.16. The van der Waals surface area contributed by atoms with Gasteiger partial charge in [0.1, 0.15) is 24.0 Å². The monoisotopic (exact) mass is 462 g/mol. The number of nitro benzene ring substituents is 1. The van der Waals surface area contributed by atoms with E-state index in [4.69, 9.17) is 4.74 Å². The molecule has 30 heavy (non-hydrogen) atoms. The van der Waals surface area contributed by atoms with E-state index in [1.165, 1.54) is 24.3 Å². The number of nitro groups is 1. The highest BCUT2D eigenvalue weighted by atomic mass is 79.9. The molecule has 3 rings (SSSR count). The molecule has 0 saturated heterocycles. The zero-order valence-corrected chi connectivity index (χ0v) is 17.2. The zero-order chi connectivity index (χ0) is 21.5. The maximum atomic E-state index is 12.7. The summed E-state index contributed by atoms with van der Waals surface area (Å²) in [7, 11) is 0. The van der Waals surface area contributed by atoms with Crippen LogP contribution in [0.15, 0.2) is 82.8 Å². The van der Waals surface area contributed by atoms with Crippen LogP contribution in [0.25, 0.3) is 6.08 Å². The van der Waals surface area contributed by atoms with E-state index in [0.29, 0.717) is 17.9 Å². The zero-order valence-electron chi connectivity index (χ0n) is 15.6. The van der Waals surface area contributed by atoms with E-state index in [0.717, 1.165) is 16.1 Å². The Morgan fingerprint density at radius 1 is 1.10 bits per heavy atom. The molecule has 0 N–H and O–H groups in total. The van der Waals surface area contributed by atoms with Crippen LogP contribution in [0.2, 0.25) is 0 Å². The molecular weight excluding hydrogens is 448 g/mol. The van der Waals surface area contributed by atoms with E-state index >= 15 is 0 Å². The van der Waals surface area contributed by atoms with Crippen molar-refractivity contribution in [1.29, 1.82) is 5.26 Å². The SMILES string of the molecule is N#CC(=Cc1ccccc1OCc1ccc(Br)cc1)C(=O)c1cccc([N+](=O)[O-])c1. The van der Waals surface area contributed by atoms with E-state index in [1.807, 2.05) is 30.3 Å². The number of carbonyl (C=O) groups is 1. The molecule has 0 atom stereocenters. The molecule has 0 fully saturated rings. The number of nitriles is 1. The van der Waals surface area contributed by atoms with Crippen LogP contribution in [-0.2, 0) is 6.61 Å². The van der Waals surface area contributed by atoms with Gasteiger partial charge in [-0.25, -0.2) is 0 Å². The lowest BCUT2D eigenvalue weighted by Gasteiger charge is -2.10. The number of hydrogen-bond acceptors (Lipinski definition) is 5. The van der Waals surface area contributed by atoms with Gasteiger partial charge in [0.2, 0.25) is 5.78 Å². The van der Waals surface area contributed by atoms with Gasteiger partial charge in [0.15, 0.2) is 0 Å². The minimum atomic E-state index is -0.594. The fourth-order valence-electron chi connectivity index (χ4n) is 2.69. The Morgan fingerprint density at radius 3 is 2.53 bits per heavy atom. The van der Waals surface area contributed by atoms with Gasteiger partial charge >= 0.3 is 0 Å². The van der Waals surface area contributed by atoms with Gasteiger partial charge in [-0.15, -0.1) is 0 Å². The highest BCUT2D eigenvalue weighted by Crippen LogP contribution is 2.24. The first-order valence-corrected chi connectivity index (χ1v) is 9.64. The number of halogens is 1. The molecule has 148 valence electrons. The number of nitrogens with zero attached hydrogens (tertiary/aromatic N) is 2. The lowest BCUT2D eigenvalue weighted by atomic mass is 10.0. The summed E-state index contributed by atoms with van der Waals surface area (Å²) in [6.45, 7) is 0.318. The molecule has 0 saturated carbocycles. The van der Waals surface area contributed by atoms with Crippen LogP contribution in [-0.4, -0.2) is 10.7 Å². The Balaban J connectivity index is 1.86. The molecule has 0 aromatic heterocycles. The summed E-state index contributed by atoms with van der Waals surface area (Å²) in [4.78, 5) is 23.1. The molecule has 0 aliphatic carbocycles. The molecule has 0 spiro atoms. The summed E-state index contributed by atoms with van der Waals surface area (Å²) < 4.78 is 6.84. The number of para-hydroxylation sites is 1. The Bertz CT molecular complexity index is 1160. The first-order valence-electron chi connectivity index (χ1n) is 8.85. The number of rotatable bonds is 7. The second-order valence-electron chi connectivity index (χ2n) is 6.26. The second kappa shape index (κ2) is 9.63. The molecule has 0 aliphatic heterocycles. The van der Waals surface area contributed by atoms with Gasteiger partial charge in [0, 0.05) is 27.7 Å². The molecule has 0 amide bonds. The number of non-ortho nitro benzene ring substituents is 1. The van der Waals surface area contributed by atoms with Gasteiger partial charge in [0.05, 0.1) is 4.92 Å². The van der Waals surface area contributed by atoms with E-state index in [1.54, 1.807) is 24.3 Å². The minimum absolute atomic E-state index is 0.0743. The van der Waals surface area contributed by atoms with Crippen molar-refractivity contribution < 1.29 is 14.5 Å². The van der Waals surface area contributed by atoms with E-state index < -0.39 is 10.7 Å². The van der Waals surface area contributed by atoms with Crippen LogP contribution >= 0.6 is 15.9 Å². The fraction of sp³-hybridized carbons (Fsp3) is 0.0435. The normalized spacial score (nSPS) is 10.9. The molecule has 3 aromatic carbocycles. The van der Waals surface area contributed by atoms with E-state index in [9.17, 15) is 20.2 Å². The number of ketones is 1. The van der Waals surface area contributed by atoms with Gasteiger partial charge in [-0.1, -0.05) is 58.4 Å². The predicted molar refractivity (Wildman–Crippen MR) is 116 cm³/mol. The Hall–Kier alpha value is -3.76. The highest BCUT2D eigenvalue weighted by molar-refractivity contribution is 9.10. The summed E-state index contributed by atoms with van der Waals surface area (Å²) >= 11 is 3.38. The lowest BCUT2D eigenvalue weighted by Crippen LogP contribution is -2.03. The van der Waals surface area contributed by atoms with Crippen molar-refractivity contribution in [2.24, 2.45) is 0 Å². The number of carbonyl (C=O) groups excluding carboxylic acids is 1. The van der Waals surface area contributed by atoms with Crippen molar-refractivity contribution in [2.75, 3.05) is 0 Å². The standard InChI is InChI=1S/C23H15BrN2O4/c24-20-10-8-16(9-11-20)15-30-22-7-2-1-4-17(22)12-19(14-25)23(27)18-5-3-6-21(13-18)26(28)29/h1-13H,15H2. The lowest BCUT2D eigenvalue weighted by molar-refractivity contribution is -0.384. The molecule has 0 aliphatic rings.